The van der Waals surface area contributed by atoms with Crippen molar-refractivity contribution < 1.29 is 0 Å². The summed E-state index contributed by atoms with van der Waals surface area (Å²) < 4.78 is 0. The number of nitrogens with zero attached hydrogens (tertiary/aromatic N) is 1. The van der Waals surface area contributed by atoms with Gasteiger partial charge in [-0.3, -0.25) is 4.99 Å². The second-order valence-electron chi connectivity index (χ2n) is 4.65. The summed E-state index contributed by atoms with van der Waals surface area (Å²) in [5.74, 6) is 0. The van der Waals surface area contributed by atoms with Gasteiger partial charge in [0.15, 0.2) is 0 Å². The molecule has 0 atom stereocenters. The number of aliphatic imine (C=N–C) groups is 1. The average molecular weight is 168 g/mol. The van der Waals surface area contributed by atoms with E-state index in [0.29, 0.717) is 0 Å². The summed E-state index contributed by atoms with van der Waals surface area (Å²) >= 11 is 0. The Labute approximate surface area is 75.6 Å². The first kappa shape index (κ1) is 11.4. The fourth-order valence-corrected chi connectivity index (χ4v) is 1.46. The van der Waals surface area contributed by atoms with E-state index in [4.69, 9.17) is 5.73 Å². The van der Waals surface area contributed by atoms with Crippen molar-refractivity contribution in [2.45, 2.75) is 39.7 Å². The first-order valence-electron chi connectivity index (χ1n) is 4.14. The Hall–Kier alpha value is -0.630. The van der Waals surface area contributed by atoms with Gasteiger partial charge in [-0.25, -0.2) is 0 Å². The Balaban J connectivity index is 4.42. The van der Waals surface area contributed by atoms with Crippen LogP contribution in [0.2, 0.25) is 0 Å². The van der Waals surface area contributed by atoms with Crippen LogP contribution in [0.1, 0.15) is 34.1 Å². The van der Waals surface area contributed by atoms with Crippen LogP contribution in [0.15, 0.2) is 17.3 Å². The van der Waals surface area contributed by atoms with Crippen LogP contribution in [0, 0.1) is 5.41 Å². The summed E-state index contributed by atoms with van der Waals surface area (Å²) in [5.41, 5.74) is 6.48. The van der Waals surface area contributed by atoms with Gasteiger partial charge in [0, 0.05) is 16.7 Å². The van der Waals surface area contributed by atoms with Gasteiger partial charge < -0.3 is 5.73 Å². The van der Waals surface area contributed by atoms with E-state index in [9.17, 15) is 0 Å². The molecule has 2 nitrogen and oxygen atoms in total. The number of rotatable bonds is 4. The van der Waals surface area contributed by atoms with Gasteiger partial charge in [0.25, 0.3) is 0 Å². The van der Waals surface area contributed by atoms with Crippen LogP contribution >= 0.6 is 0 Å². The van der Waals surface area contributed by atoms with E-state index in [1.165, 1.54) is 0 Å². The Kier molecular flexibility index (Phi) is 3.22. The van der Waals surface area contributed by atoms with E-state index >= 15 is 0 Å². The Morgan fingerprint density at radius 1 is 1.33 bits per heavy atom. The quantitative estimate of drug-likeness (QED) is 0.643. The topological polar surface area (TPSA) is 38.4 Å². The molecule has 0 aliphatic carbocycles. The molecule has 2 heteroatoms. The lowest BCUT2D eigenvalue weighted by Crippen LogP contribution is -2.37. The van der Waals surface area contributed by atoms with Crippen LogP contribution < -0.4 is 5.73 Å². The molecule has 0 fully saturated rings. The SMILES string of the molecule is C=NC(=C)C(C)(C)CC(C)(C)N. The third kappa shape index (κ3) is 3.67. The first-order valence-corrected chi connectivity index (χ1v) is 4.14. The van der Waals surface area contributed by atoms with Gasteiger partial charge in [-0.2, -0.15) is 0 Å². The van der Waals surface area contributed by atoms with Crippen molar-refractivity contribution in [3.63, 3.8) is 0 Å². The molecule has 0 spiro atoms. The van der Waals surface area contributed by atoms with Crippen molar-refractivity contribution in [2.24, 2.45) is 16.1 Å². The standard InChI is InChI=1S/C10H20N2/c1-8(12-6)9(2,3)7-10(4,5)11/h1,6-7,11H2,2-5H3. The molecule has 0 unspecified atom stereocenters. The highest BCUT2D eigenvalue weighted by Gasteiger charge is 2.27. The van der Waals surface area contributed by atoms with Crippen molar-refractivity contribution >= 4 is 6.72 Å². The number of hydrogen-bond donors (Lipinski definition) is 1. The highest BCUT2D eigenvalue weighted by Crippen LogP contribution is 2.33. The summed E-state index contributed by atoms with van der Waals surface area (Å²) in [6.07, 6.45) is 0.859. The van der Waals surface area contributed by atoms with Crippen molar-refractivity contribution in [3.05, 3.63) is 12.3 Å². The number of nitrogens with two attached hydrogens (primary N) is 1. The lowest BCUT2D eigenvalue weighted by molar-refractivity contribution is 0.305. The van der Waals surface area contributed by atoms with Gasteiger partial charge in [0.05, 0.1) is 0 Å². The number of allylic oxidation sites excluding steroid dienone is 1. The van der Waals surface area contributed by atoms with Crippen LogP contribution in [0.5, 0.6) is 0 Å². The highest BCUT2D eigenvalue weighted by atomic mass is 14.8. The lowest BCUT2D eigenvalue weighted by atomic mass is 9.78. The van der Waals surface area contributed by atoms with Crippen molar-refractivity contribution in [1.82, 2.24) is 0 Å². The maximum Gasteiger partial charge on any atom is 0.0381 e. The molecule has 0 heterocycles. The van der Waals surface area contributed by atoms with E-state index < -0.39 is 0 Å². The van der Waals surface area contributed by atoms with Crippen LogP contribution in [-0.2, 0) is 0 Å². The first-order chi connectivity index (χ1) is 5.19. The molecule has 0 saturated carbocycles. The zero-order valence-electron chi connectivity index (χ0n) is 8.65. The molecule has 2 N–H and O–H groups in total. The third-order valence-electron chi connectivity index (χ3n) is 1.87. The van der Waals surface area contributed by atoms with Gasteiger partial charge in [-0.05, 0) is 27.0 Å². The van der Waals surface area contributed by atoms with E-state index in [-0.39, 0.29) is 11.0 Å². The Bertz CT molecular complexity index is 185. The summed E-state index contributed by atoms with van der Waals surface area (Å²) in [7, 11) is 0. The zero-order chi connectivity index (χ0) is 9.99. The molecule has 0 saturated heterocycles. The molecule has 12 heavy (non-hydrogen) atoms. The minimum Gasteiger partial charge on any atom is -0.326 e. The van der Waals surface area contributed by atoms with Crippen molar-refractivity contribution in [1.29, 1.82) is 0 Å². The van der Waals surface area contributed by atoms with Gasteiger partial charge in [-0.1, -0.05) is 20.4 Å². The molecule has 0 aliphatic rings. The third-order valence-corrected chi connectivity index (χ3v) is 1.87. The summed E-state index contributed by atoms with van der Waals surface area (Å²) in [6, 6.07) is 0. The smallest absolute Gasteiger partial charge is 0.0381 e. The highest BCUT2D eigenvalue weighted by molar-refractivity contribution is 5.30. The van der Waals surface area contributed by atoms with Crippen LogP contribution in [0.4, 0.5) is 0 Å². The Morgan fingerprint density at radius 2 is 1.75 bits per heavy atom. The molecule has 0 aromatic heterocycles. The van der Waals surface area contributed by atoms with Crippen LogP contribution in [0.25, 0.3) is 0 Å². The molecular weight excluding hydrogens is 148 g/mol. The van der Waals surface area contributed by atoms with E-state index in [2.05, 4.69) is 32.1 Å². The molecule has 0 radical (unpaired) electrons. The molecule has 0 bridgehead atoms. The summed E-state index contributed by atoms with van der Waals surface area (Å²) in [4.78, 5) is 3.84. The second kappa shape index (κ2) is 3.40. The van der Waals surface area contributed by atoms with E-state index in [1.54, 1.807) is 0 Å². The summed E-state index contributed by atoms with van der Waals surface area (Å²) in [5, 5.41) is 0. The van der Waals surface area contributed by atoms with Gasteiger partial charge >= 0.3 is 0 Å². The second-order valence-corrected chi connectivity index (χ2v) is 4.65. The van der Waals surface area contributed by atoms with Crippen LogP contribution in [0.3, 0.4) is 0 Å². The minimum atomic E-state index is -0.183. The van der Waals surface area contributed by atoms with Crippen molar-refractivity contribution in [3.8, 4) is 0 Å². The monoisotopic (exact) mass is 168 g/mol. The Morgan fingerprint density at radius 3 is 2.00 bits per heavy atom. The minimum absolute atomic E-state index is 0.0556. The maximum atomic E-state index is 5.91. The maximum absolute atomic E-state index is 5.91. The summed E-state index contributed by atoms with van der Waals surface area (Å²) in [6.45, 7) is 15.5. The molecular formula is C10H20N2. The predicted molar refractivity (Wildman–Crippen MR) is 55.4 cm³/mol. The molecule has 0 aromatic carbocycles. The number of hydrogen-bond acceptors (Lipinski definition) is 2. The molecule has 70 valence electrons. The zero-order valence-corrected chi connectivity index (χ0v) is 8.65. The van der Waals surface area contributed by atoms with Gasteiger partial charge in [-0.15, -0.1) is 0 Å². The van der Waals surface area contributed by atoms with Crippen LogP contribution in [-0.4, -0.2) is 12.3 Å². The molecule has 0 rings (SSSR count). The van der Waals surface area contributed by atoms with Crippen molar-refractivity contribution in [2.75, 3.05) is 0 Å². The fourth-order valence-electron chi connectivity index (χ4n) is 1.46. The van der Waals surface area contributed by atoms with E-state index in [1.807, 2.05) is 13.8 Å². The molecule has 0 aliphatic heterocycles. The average Bonchev–Trinajstić information content (AvgIpc) is 1.80. The van der Waals surface area contributed by atoms with Gasteiger partial charge in [0.1, 0.15) is 0 Å². The normalized spacial score (nSPS) is 12.8. The predicted octanol–water partition coefficient (Wildman–Crippen LogP) is 2.35. The molecule has 0 amide bonds. The largest absolute Gasteiger partial charge is 0.326 e. The van der Waals surface area contributed by atoms with E-state index in [0.717, 1.165) is 12.1 Å². The fraction of sp³-hybridized carbons (Fsp3) is 0.700. The molecule has 0 aromatic rings. The van der Waals surface area contributed by atoms with Gasteiger partial charge in [0.2, 0.25) is 0 Å². The lowest BCUT2D eigenvalue weighted by Gasteiger charge is -2.32.